The quantitative estimate of drug-likeness (QED) is 0.0581. The number of carboxylic acid groups (broad SMARTS) is 2. The predicted molar refractivity (Wildman–Crippen MR) is 113 cm³/mol. The number of aliphatic imine (C=N–C) groups is 1. The maximum atomic E-state index is 12.3. The molecule has 4 amide bonds. The summed E-state index contributed by atoms with van der Waals surface area (Å²) in [7, 11) is 0. The maximum absolute atomic E-state index is 12.3. The first kappa shape index (κ1) is 29.0. The van der Waals surface area contributed by atoms with Crippen LogP contribution in [0.4, 0.5) is 0 Å². The number of nitrogens with two attached hydrogens (primary N) is 4. The Balaban J connectivity index is 4.82. The van der Waals surface area contributed by atoms with E-state index in [0.717, 1.165) is 0 Å². The number of hydrogen-bond donors (Lipinski definition) is 9. The number of nitrogens with one attached hydrogen (secondary N) is 3. The summed E-state index contributed by atoms with van der Waals surface area (Å²) in [6.45, 7) is -0.496. The zero-order chi connectivity index (χ0) is 25.6. The third kappa shape index (κ3) is 13.9. The van der Waals surface area contributed by atoms with Crippen molar-refractivity contribution in [3.63, 3.8) is 0 Å². The average Bonchev–Trinajstić information content (AvgIpc) is 2.70. The number of nitrogens with zero attached hydrogens (tertiary/aromatic N) is 1. The summed E-state index contributed by atoms with van der Waals surface area (Å²) in [4.78, 5) is 73.0. The van der Waals surface area contributed by atoms with E-state index in [9.17, 15) is 28.8 Å². The van der Waals surface area contributed by atoms with Crippen LogP contribution in [0, 0.1) is 0 Å². The summed E-state index contributed by atoms with van der Waals surface area (Å²) in [5, 5.41) is 24.4. The molecule has 186 valence electrons. The molecule has 0 saturated heterocycles. The molecular formula is C17H30N8O8. The van der Waals surface area contributed by atoms with Crippen molar-refractivity contribution in [1.29, 1.82) is 0 Å². The van der Waals surface area contributed by atoms with E-state index < -0.39 is 66.7 Å². The van der Waals surface area contributed by atoms with Gasteiger partial charge in [0.25, 0.3) is 0 Å². The van der Waals surface area contributed by atoms with Crippen molar-refractivity contribution in [2.75, 3.05) is 13.1 Å². The van der Waals surface area contributed by atoms with Crippen LogP contribution < -0.4 is 38.9 Å². The second-order valence-electron chi connectivity index (χ2n) is 6.90. The fourth-order valence-corrected chi connectivity index (χ4v) is 2.39. The van der Waals surface area contributed by atoms with Gasteiger partial charge in [-0.15, -0.1) is 0 Å². The van der Waals surface area contributed by atoms with Crippen molar-refractivity contribution in [2.24, 2.45) is 27.9 Å². The summed E-state index contributed by atoms with van der Waals surface area (Å²) in [5.41, 5.74) is 21.0. The van der Waals surface area contributed by atoms with E-state index in [1.165, 1.54) is 0 Å². The molecule has 16 heteroatoms. The fourth-order valence-electron chi connectivity index (χ4n) is 2.39. The number of carbonyl (C=O) groups is 6. The molecule has 0 aliphatic rings. The van der Waals surface area contributed by atoms with Gasteiger partial charge < -0.3 is 49.1 Å². The maximum Gasteiger partial charge on any atom is 0.326 e. The highest BCUT2D eigenvalue weighted by atomic mass is 16.4. The normalized spacial score (nSPS) is 13.0. The first-order chi connectivity index (χ1) is 15.3. The number of hydrogen-bond acceptors (Lipinski definition) is 8. The van der Waals surface area contributed by atoms with Crippen LogP contribution in [0.5, 0.6) is 0 Å². The fraction of sp³-hybridized carbons (Fsp3) is 0.588. The average molecular weight is 474 g/mol. The van der Waals surface area contributed by atoms with Crippen LogP contribution in [-0.4, -0.2) is 83.0 Å². The minimum absolute atomic E-state index is 0.127. The molecule has 16 nitrogen and oxygen atoms in total. The summed E-state index contributed by atoms with van der Waals surface area (Å²) >= 11 is 0. The third-order valence-corrected chi connectivity index (χ3v) is 4.05. The number of aliphatic carboxylic acids is 2. The van der Waals surface area contributed by atoms with Crippen molar-refractivity contribution >= 4 is 41.5 Å². The van der Waals surface area contributed by atoms with Crippen LogP contribution in [-0.2, 0) is 28.8 Å². The molecule has 0 fully saturated rings. The van der Waals surface area contributed by atoms with Gasteiger partial charge in [0, 0.05) is 13.0 Å². The van der Waals surface area contributed by atoms with Crippen molar-refractivity contribution < 1.29 is 39.0 Å². The molecule has 0 spiro atoms. The Bertz CT molecular complexity index is 768. The van der Waals surface area contributed by atoms with Crippen molar-refractivity contribution in [1.82, 2.24) is 16.0 Å². The lowest BCUT2D eigenvalue weighted by Crippen LogP contribution is -2.54. The molecule has 0 aromatic carbocycles. The van der Waals surface area contributed by atoms with Crippen LogP contribution >= 0.6 is 0 Å². The molecule has 0 aliphatic carbocycles. The smallest absolute Gasteiger partial charge is 0.326 e. The number of guanidine groups is 1. The van der Waals surface area contributed by atoms with Gasteiger partial charge in [-0.05, 0) is 19.3 Å². The van der Waals surface area contributed by atoms with E-state index in [0.29, 0.717) is 6.42 Å². The van der Waals surface area contributed by atoms with Crippen LogP contribution in [0.2, 0.25) is 0 Å². The van der Waals surface area contributed by atoms with Gasteiger partial charge in [-0.1, -0.05) is 0 Å². The van der Waals surface area contributed by atoms with Crippen LogP contribution in [0.3, 0.4) is 0 Å². The van der Waals surface area contributed by atoms with Crippen LogP contribution in [0.25, 0.3) is 0 Å². The number of primary amides is 1. The van der Waals surface area contributed by atoms with Crippen LogP contribution in [0.15, 0.2) is 4.99 Å². The molecule has 0 aliphatic heterocycles. The minimum Gasteiger partial charge on any atom is -0.481 e. The Hall–Kier alpha value is -3.95. The molecule has 0 aromatic rings. The molecule has 0 radical (unpaired) electrons. The summed E-state index contributed by atoms with van der Waals surface area (Å²) in [6.07, 6.45) is -0.848. The van der Waals surface area contributed by atoms with Gasteiger partial charge in [0.15, 0.2) is 5.96 Å². The Morgan fingerprint density at radius 2 is 1.52 bits per heavy atom. The van der Waals surface area contributed by atoms with Gasteiger partial charge in [-0.2, -0.15) is 0 Å². The molecule has 13 N–H and O–H groups in total. The molecule has 0 bridgehead atoms. The topological polar surface area (TPSA) is 295 Å². The molecule has 0 rings (SSSR count). The third-order valence-electron chi connectivity index (χ3n) is 4.05. The Morgan fingerprint density at radius 3 is 2.03 bits per heavy atom. The second-order valence-corrected chi connectivity index (χ2v) is 6.90. The lowest BCUT2D eigenvalue weighted by molar-refractivity contribution is -0.142. The predicted octanol–water partition coefficient (Wildman–Crippen LogP) is -4.72. The van der Waals surface area contributed by atoms with E-state index >= 15 is 0 Å². The largest absolute Gasteiger partial charge is 0.481 e. The van der Waals surface area contributed by atoms with E-state index in [1.807, 2.05) is 0 Å². The van der Waals surface area contributed by atoms with Gasteiger partial charge in [-0.3, -0.25) is 29.0 Å². The Kier molecular flexibility index (Phi) is 13.2. The molecule has 3 atom stereocenters. The lowest BCUT2D eigenvalue weighted by Gasteiger charge is -2.20. The highest BCUT2D eigenvalue weighted by molar-refractivity contribution is 5.94. The molecular weight excluding hydrogens is 444 g/mol. The molecule has 3 unspecified atom stereocenters. The zero-order valence-electron chi connectivity index (χ0n) is 17.8. The van der Waals surface area contributed by atoms with E-state index in [2.05, 4.69) is 20.9 Å². The van der Waals surface area contributed by atoms with E-state index in [4.69, 9.17) is 33.1 Å². The van der Waals surface area contributed by atoms with Gasteiger partial charge in [0.05, 0.1) is 19.0 Å². The number of carboxylic acids is 2. The standard InChI is InChI=1S/C17H30N8O8/c18-8(2-1-5-22-17(20)21)14(30)25-10(6-13(28)29)15(31)23-7-12(27)24-9(16(32)33)3-4-11(19)26/h8-10H,1-7,18H2,(H2,19,26)(H,23,31)(H,24,27)(H,25,30)(H,28,29)(H,32,33)(H4,20,21,22). The highest BCUT2D eigenvalue weighted by Crippen LogP contribution is 2.00. The van der Waals surface area contributed by atoms with Gasteiger partial charge >= 0.3 is 11.9 Å². The minimum atomic E-state index is -1.54. The second kappa shape index (κ2) is 15.0. The first-order valence-electron chi connectivity index (χ1n) is 9.74. The highest BCUT2D eigenvalue weighted by Gasteiger charge is 2.27. The van der Waals surface area contributed by atoms with Gasteiger partial charge in [-0.25, -0.2) is 4.79 Å². The van der Waals surface area contributed by atoms with Crippen molar-refractivity contribution in [3.05, 3.63) is 0 Å². The Labute approximate surface area is 188 Å². The summed E-state index contributed by atoms with van der Waals surface area (Å²) in [6, 6.07) is -4.04. The van der Waals surface area contributed by atoms with E-state index in [1.54, 1.807) is 0 Å². The summed E-state index contributed by atoms with van der Waals surface area (Å²) in [5.74, 6) is -6.43. The molecule has 0 saturated carbocycles. The number of carbonyl (C=O) groups excluding carboxylic acids is 4. The zero-order valence-corrected chi connectivity index (χ0v) is 17.8. The van der Waals surface area contributed by atoms with Gasteiger partial charge in [0.2, 0.25) is 23.6 Å². The molecule has 33 heavy (non-hydrogen) atoms. The summed E-state index contributed by atoms with van der Waals surface area (Å²) < 4.78 is 0. The SMILES string of the molecule is NC(=O)CCC(NC(=O)CNC(=O)C(CC(=O)O)NC(=O)C(N)CCCN=C(N)N)C(=O)O. The van der Waals surface area contributed by atoms with Crippen LogP contribution in [0.1, 0.15) is 32.1 Å². The molecule has 0 aromatic heterocycles. The first-order valence-corrected chi connectivity index (χ1v) is 9.74. The number of amides is 4. The van der Waals surface area contributed by atoms with Crippen molar-refractivity contribution in [2.45, 2.75) is 50.2 Å². The van der Waals surface area contributed by atoms with Crippen molar-refractivity contribution in [3.8, 4) is 0 Å². The van der Waals surface area contributed by atoms with E-state index in [-0.39, 0.29) is 31.8 Å². The molecule has 0 heterocycles. The Morgan fingerprint density at radius 1 is 0.879 bits per heavy atom. The lowest BCUT2D eigenvalue weighted by atomic mass is 10.1. The number of rotatable bonds is 16. The van der Waals surface area contributed by atoms with Gasteiger partial charge in [0.1, 0.15) is 12.1 Å². The monoisotopic (exact) mass is 474 g/mol.